The minimum Gasteiger partial charge on any atom is -0.495 e. The monoisotopic (exact) mass is 369 g/mol. The summed E-state index contributed by atoms with van der Waals surface area (Å²) in [4.78, 5) is 5.59. The standard InChI is InChI=1S/C17H16ClN7O/c1-4-25-13-9-19-14(18)8-12(13)15(21-25)10-6-5-7-11(16(10)26-3)17-20-23-24(2)22-17/h5-9H,4H2,1-3H3. The lowest BCUT2D eigenvalue weighted by Crippen LogP contribution is -1.97. The van der Waals surface area contributed by atoms with Gasteiger partial charge < -0.3 is 4.74 Å². The lowest BCUT2D eigenvalue weighted by Gasteiger charge is -2.10. The Hall–Kier alpha value is -3.00. The molecule has 0 aliphatic carbocycles. The summed E-state index contributed by atoms with van der Waals surface area (Å²) in [6.45, 7) is 2.75. The third-order valence-electron chi connectivity index (χ3n) is 4.13. The second kappa shape index (κ2) is 6.38. The number of benzene rings is 1. The predicted molar refractivity (Wildman–Crippen MR) is 98.0 cm³/mol. The van der Waals surface area contributed by atoms with Gasteiger partial charge >= 0.3 is 0 Å². The van der Waals surface area contributed by atoms with Crippen LogP contribution in [0, 0.1) is 0 Å². The van der Waals surface area contributed by atoms with Crippen molar-refractivity contribution in [3.63, 3.8) is 0 Å². The van der Waals surface area contributed by atoms with Crippen LogP contribution in [-0.2, 0) is 13.6 Å². The summed E-state index contributed by atoms with van der Waals surface area (Å²) in [5.74, 6) is 1.13. The molecule has 0 bridgehead atoms. The van der Waals surface area contributed by atoms with E-state index >= 15 is 0 Å². The van der Waals surface area contributed by atoms with Gasteiger partial charge in [0.25, 0.3) is 0 Å². The number of hydrogen-bond donors (Lipinski definition) is 0. The summed E-state index contributed by atoms with van der Waals surface area (Å²) in [6.07, 6.45) is 1.73. The van der Waals surface area contributed by atoms with E-state index in [9.17, 15) is 0 Å². The van der Waals surface area contributed by atoms with E-state index in [2.05, 4.69) is 20.4 Å². The summed E-state index contributed by atoms with van der Waals surface area (Å²) in [5.41, 5.74) is 3.26. The molecule has 8 nitrogen and oxygen atoms in total. The van der Waals surface area contributed by atoms with Crippen LogP contribution in [0.4, 0.5) is 0 Å². The van der Waals surface area contributed by atoms with E-state index in [1.165, 1.54) is 4.80 Å². The van der Waals surface area contributed by atoms with Gasteiger partial charge in [-0.25, -0.2) is 4.98 Å². The number of methoxy groups -OCH3 is 1. The number of pyridine rings is 1. The highest BCUT2D eigenvalue weighted by atomic mass is 35.5. The zero-order chi connectivity index (χ0) is 18.3. The molecule has 1 aromatic carbocycles. The van der Waals surface area contributed by atoms with Crippen molar-refractivity contribution in [3.8, 4) is 28.4 Å². The van der Waals surface area contributed by atoms with Gasteiger partial charge in [-0.3, -0.25) is 4.68 Å². The zero-order valence-electron chi connectivity index (χ0n) is 14.5. The first-order valence-corrected chi connectivity index (χ1v) is 8.44. The molecule has 0 radical (unpaired) electrons. The number of fused-ring (bicyclic) bond motifs is 1. The van der Waals surface area contributed by atoms with Gasteiger partial charge in [0.1, 0.15) is 16.6 Å². The van der Waals surface area contributed by atoms with Crippen molar-refractivity contribution >= 4 is 22.5 Å². The van der Waals surface area contributed by atoms with Gasteiger partial charge in [0.2, 0.25) is 5.82 Å². The molecule has 0 aliphatic rings. The minimum absolute atomic E-state index is 0.417. The molecule has 0 aliphatic heterocycles. The van der Waals surface area contributed by atoms with Crippen molar-refractivity contribution in [2.24, 2.45) is 7.05 Å². The molecule has 132 valence electrons. The topological polar surface area (TPSA) is 83.5 Å². The van der Waals surface area contributed by atoms with Gasteiger partial charge in [0, 0.05) is 17.5 Å². The number of para-hydroxylation sites is 1. The number of hydrogen-bond acceptors (Lipinski definition) is 6. The summed E-state index contributed by atoms with van der Waals surface area (Å²) in [5, 5.41) is 18.3. The summed E-state index contributed by atoms with van der Waals surface area (Å²) in [7, 11) is 3.34. The third kappa shape index (κ3) is 2.59. The molecule has 0 amide bonds. The van der Waals surface area contributed by atoms with E-state index in [0.29, 0.717) is 23.3 Å². The third-order valence-corrected chi connectivity index (χ3v) is 4.33. The number of aromatic nitrogens is 7. The zero-order valence-corrected chi connectivity index (χ0v) is 15.3. The first-order chi connectivity index (χ1) is 12.6. The Balaban J connectivity index is 1.99. The molecule has 26 heavy (non-hydrogen) atoms. The number of halogens is 1. The highest BCUT2D eigenvalue weighted by Crippen LogP contribution is 2.39. The van der Waals surface area contributed by atoms with Crippen LogP contribution >= 0.6 is 11.6 Å². The molecule has 0 saturated heterocycles. The van der Waals surface area contributed by atoms with Crippen molar-refractivity contribution in [2.75, 3.05) is 7.11 Å². The molecule has 0 fully saturated rings. The number of nitrogens with zero attached hydrogens (tertiary/aromatic N) is 7. The number of tetrazole rings is 1. The number of rotatable bonds is 4. The van der Waals surface area contributed by atoms with Crippen LogP contribution in [0.5, 0.6) is 5.75 Å². The molecule has 9 heteroatoms. The first-order valence-electron chi connectivity index (χ1n) is 8.06. The Morgan fingerprint density at radius 1 is 1.19 bits per heavy atom. The fourth-order valence-corrected chi connectivity index (χ4v) is 3.16. The molecule has 3 heterocycles. The van der Waals surface area contributed by atoms with Gasteiger partial charge in [0.15, 0.2) is 0 Å². The Morgan fingerprint density at radius 3 is 2.69 bits per heavy atom. The molecule has 0 unspecified atom stereocenters. The lowest BCUT2D eigenvalue weighted by molar-refractivity contribution is 0.417. The van der Waals surface area contributed by atoms with E-state index in [1.807, 2.05) is 35.9 Å². The fourth-order valence-electron chi connectivity index (χ4n) is 3.00. The molecule has 0 spiro atoms. The first kappa shape index (κ1) is 16.5. The maximum atomic E-state index is 6.12. The maximum Gasteiger partial charge on any atom is 0.208 e. The minimum atomic E-state index is 0.417. The average molecular weight is 370 g/mol. The quantitative estimate of drug-likeness (QED) is 0.514. The van der Waals surface area contributed by atoms with Crippen LogP contribution in [0.25, 0.3) is 33.5 Å². The molecular weight excluding hydrogens is 354 g/mol. The molecular formula is C17H16ClN7O. The lowest BCUT2D eigenvalue weighted by atomic mass is 10.0. The Labute approximate surface area is 154 Å². The van der Waals surface area contributed by atoms with Crippen molar-refractivity contribution < 1.29 is 4.74 Å². The molecule has 3 aromatic heterocycles. The molecule has 0 atom stereocenters. The van der Waals surface area contributed by atoms with Crippen LogP contribution in [0.15, 0.2) is 30.5 Å². The second-order valence-electron chi connectivity index (χ2n) is 5.68. The van der Waals surface area contributed by atoms with Crippen molar-refractivity contribution in [3.05, 3.63) is 35.6 Å². The molecule has 4 aromatic rings. The highest BCUT2D eigenvalue weighted by Gasteiger charge is 2.20. The van der Waals surface area contributed by atoms with E-state index in [0.717, 1.165) is 27.7 Å². The molecule has 0 N–H and O–H groups in total. The second-order valence-corrected chi connectivity index (χ2v) is 6.06. The Kier molecular flexibility index (Phi) is 4.04. The van der Waals surface area contributed by atoms with Crippen molar-refractivity contribution in [1.29, 1.82) is 0 Å². The van der Waals surface area contributed by atoms with Gasteiger partial charge in [-0.2, -0.15) is 9.90 Å². The Bertz CT molecular complexity index is 1100. The highest BCUT2D eigenvalue weighted by molar-refractivity contribution is 6.30. The largest absolute Gasteiger partial charge is 0.495 e. The van der Waals surface area contributed by atoms with Crippen LogP contribution in [0.2, 0.25) is 5.15 Å². The van der Waals surface area contributed by atoms with E-state index in [-0.39, 0.29) is 0 Å². The molecule has 4 rings (SSSR count). The summed E-state index contributed by atoms with van der Waals surface area (Å²) < 4.78 is 7.59. The molecule has 0 saturated carbocycles. The van der Waals surface area contributed by atoms with Crippen molar-refractivity contribution in [1.82, 2.24) is 35.0 Å². The van der Waals surface area contributed by atoms with E-state index in [1.54, 1.807) is 20.4 Å². The SMILES string of the molecule is CCn1nc(-c2cccc(-c3nnn(C)n3)c2OC)c2cc(Cl)ncc21. The summed E-state index contributed by atoms with van der Waals surface area (Å²) >= 11 is 6.12. The van der Waals surface area contributed by atoms with Crippen molar-refractivity contribution in [2.45, 2.75) is 13.5 Å². The van der Waals surface area contributed by atoms with E-state index in [4.69, 9.17) is 21.4 Å². The van der Waals surface area contributed by atoms with Crippen LogP contribution < -0.4 is 4.74 Å². The van der Waals surface area contributed by atoms with Gasteiger partial charge in [-0.05, 0) is 30.3 Å². The Morgan fingerprint density at radius 2 is 2.00 bits per heavy atom. The fraction of sp³-hybridized carbons (Fsp3) is 0.235. The maximum absolute atomic E-state index is 6.12. The number of ether oxygens (including phenoxy) is 1. The van der Waals surface area contributed by atoms with E-state index < -0.39 is 0 Å². The van der Waals surface area contributed by atoms with Crippen LogP contribution in [0.3, 0.4) is 0 Å². The van der Waals surface area contributed by atoms with Gasteiger partial charge in [-0.15, -0.1) is 10.2 Å². The summed E-state index contributed by atoms with van der Waals surface area (Å²) in [6, 6.07) is 7.59. The van der Waals surface area contributed by atoms with Gasteiger partial charge in [-0.1, -0.05) is 17.7 Å². The normalized spacial score (nSPS) is 11.2. The number of aryl methyl sites for hydroxylation is 2. The smallest absolute Gasteiger partial charge is 0.208 e. The van der Waals surface area contributed by atoms with Crippen LogP contribution in [-0.4, -0.2) is 42.1 Å². The van der Waals surface area contributed by atoms with Gasteiger partial charge in [0.05, 0.1) is 31.4 Å². The average Bonchev–Trinajstić information content (AvgIpc) is 3.24. The predicted octanol–water partition coefficient (Wildman–Crippen LogP) is 2.97. The van der Waals surface area contributed by atoms with Crippen LogP contribution in [0.1, 0.15) is 6.92 Å².